The van der Waals surface area contributed by atoms with Crippen molar-refractivity contribution in [3.8, 4) is 0 Å². The van der Waals surface area contributed by atoms with Gasteiger partial charge in [-0.15, -0.1) is 0 Å². The Balaban J connectivity index is 1.32. The third kappa shape index (κ3) is 25.3. The minimum absolute atomic E-state index is 0.0413. The van der Waals surface area contributed by atoms with Crippen LogP contribution in [0.4, 0.5) is 0 Å². The number of aliphatic hydroxyl groups is 9. The third-order valence-electron chi connectivity index (χ3n) is 19.7. The van der Waals surface area contributed by atoms with Gasteiger partial charge in [-0.05, 0) is 59.8 Å². The minimum Gasteiger partial charge on any atom is -0.457 e. The molecule has 0 aromatic carbocycles. The molecule has 6 fully saturated rings. The first-order chi connectivity index (χ1) is 45.7. The molecule has 0 amide bonds. The Morgan fingerprint density at radius 1 is 0.400 bits per heavy atom. The standard InChI is InChI=1S/C70H124O25/c1-8-11-14-16-18-20-24-28-33-38-48(72)89-59-43(5)84-66(57(81)55(59)79)92-61-45(7)86-70(65(91-50(74)40-35-29-25-21-19-17-15-12-9-2)64(61)95-67-56(80)53(77)52(76)47(41-71)88-67)93-60-44(6)85-68-58(82)62(60)90-49(73)39-34-30-26-22-23-27-32-37-46(36-31-13-10-3)87-69-63(94-68)54(78)51(75)42(4)83-69/h42-47,51-71,75-82H,8-41H2,1-7H3/t42-,43+,44+,45+,46-,47+,51-,52+,53-,54+,55+,56+,57+,58+,59+,60-,61+,62-,63-,64-,65+,66-,67-,68-,69+,70-/m1/s1. The van der Waals surface area contributed by atoms with Gasteiger partial charge in [0.1, 0.15) is 79.4 Å². The van der Waals surface area contributed by atoms with Crippen molar-refractivity contribution >= 4 is 17.9 Å². The van der Waals surface area contributed by atoms with Gasteiger partial charge in [0.25, 0.3) is 0 Å². The summed E-state index contributed by atoms with van der Waals surface area (Å²) in [7, 11) is 0. The zero-order valence-corrected chi connectivity index (χ0v) is 58.1. The molecule has 25 nitrogen and oxygen atoms in total. The molecule has 6 heterocycles. The number of hydrogen-bond acceptors (Lipinski definition) is 25. The molecule has 0 unspecified atom stereocenters. The van der Waals surface area contributed by atoms with Crippen molar-refractivity contribution in [2.45, 2.75) is 420 Å². The Morgan fingerprint density at radius 2 is 0.874 bits per heavy atom. The van der Waals surface area contributed by atoms with Crippen molar-refractivity contribution in [1.82, 2.24) is 0 Å². The molecule has 0 aromatic rings. The van der Waals surface area contributed by atoms with E-state index in [4.69, 9.17) is 61.6 Å². The van der Waals surface area contributed by atoms with E-state index >= 15 is 0 Å². The number of ether oxygens (including phenoxy) is 13. The first-order valence-electron chi connectivity index (χ1n) is 36.9. The first-order valence-corrected chi connectivity index (χ1v) is 36.9. The van der Waals surface area contributed by atoms with Gasteiger partial charge in [-0.3, -0.25) is 14.4 Å². The van der Waals surface area contributed by atoms with Crippen molar-refractivity contribution in [2.24, 2.45) is 0 Å². The van der Waals surface area contributed by atoms with Crippen LogP contribution in [0, 0.1) is 0 Å². The van der Waals surface area contributed by atoms with Gasteiger partial charge in [0.2, 0.25) is 0 Å². The van der Waals surface area contributed by atoms with Crippen LogP contribution < -0.4 is 0 Å². The van der Waals surface area contributed by atoms with E-state index in [1.807, 2.05) is 0 Å². The summed E-state index contributed by atoms with van der Waals surface area (Å²) >= 11 is 0. The van der Waals surface area contributed by atoms with Crippen LogP contribution in [-0.2, 0) is 76.0 Å². The van der Waals surface area contributed by atoms with E-state index < -0.39 is 178 Å². The molecule has 2 bridgehead atoms. The number of carbonyl (C=O) groups is 3. The maximum absolute atomic E-state index is 14.5. The fourth-order valence-corrected chi connectivity index (χ4v) is 13.7. The van der Waals surface area contributed by atoms with Crippen molar-refractivity contribution in [3.63, 3.8) is 0 Å². The number of hydrogen-bond donors (Lipinski definition) is 9. The molecule has 9 N–H and O–H groups in total. The van der Waals surface area contributed by atoms with Gasteiger partial charge >= 0.3 is 17.9 Å². The van der Waals surface area contributed by atoms with E-state index in [0.29, 0.717) is 38.5 Å². The molecular formula is C70H124O25. The third-order valence-corrected chi connectivity index (χ3v) is 19.7. The van der Waals surface area contributed by atoms with Crippen LogP contribution in [-0.4, -0.2) is 230 Å². The van der Waals surface area contributed by atoms with E-state index in [2.05, 4.69) is 20.8 Å². The lowest BCUT2D eigenvalue weighted by molar-refractivity contribution is -0.400. The van der Waals surface area contributed by atoms with Gasteiger partial charge in [-0.2, -0.15) is 0 Å². The molecule has 0 radical (unpaired) electrons. The summed E-state index contributed by atoms with van der Waals surface area (Å²) in [6.45, 7) is 11.8. The Kier molecular flexibility index (Phi) is 37.3. The normalized spacial score (nSPS) is 38.8. The number of unbranched alkanes of at least 4 members (excludes halogenated alkanes) is 18. The predicted octanol–water partition coefficient (Wildman–Crippen LogP) is 7.18. The van der Waals surface area contributed by atoms with Gasteiger partial charge in [0, 0.05) is 19.3 Å². The van der Waals surface area contributed by atoms with Crippen molar-refractivity contribution in [3.05, 3.63) is 0 Å². The second kappa shape index (κ2) is 43.5. The average Bonchev–Trinajstić information content (AvgIpc) is 0.781. The molecule has 6 saturated heterocycles. The van der Waals surface area contributed by atoms with Gasteiger partial charge in [0.15, 0.2) is 49.8 Å². The van der Waals surface area contributed by atoms with E-state index in [-0.39, 0.29) is 25.4 Å². The second-order valence-corrected chi connectivity index (χ2v) is 27.7. The quantitative estimate of drug-likeness (QED) is 0.0178. The van der Waals surface area contributed by atoms with Crippen molar-refractivity contribution in [1.29, 1.82) is 0 Å². The molecule has 554 valence electrons. The molecule has 0 saturated carbocycles. The number of rotatable bonds is 33. The molecule has 0 aliphatic carbocycles. The van der Waals surface area contributed by atoms with Crippen LogP contribution >= 0.6 is 0 Å². The summed E-state index contributed by atoms with van der Waals surface area (Å²) in [5.74, 6) is -2.06. The monoisotopic (exact) mass is 1360 g/mol. The lowest BCUT2D eigenvalue weighted by Crippen LogP contribution is -2.68. The maximum Gasteiger partial charge on any atom is 0.306 e. The smallest absolute Gasteiger partial charge is 0.306 e. The molecule has 25 heteroatoms. The highest BCUT2D eigenvalue weighted by Crippen LogP contribution is 2.40. The summed E-state index contributed by atoms with van der Waals surface area (Å²) in [5, 5.41) is 103. The van der Waals surface area contributed by atoms with Gasteiger partial charge in [0.05, 0.1) is 37.1 Å². The van der Waals surface area contributed by atoms with Crippen LogP contribution in [0.25, 0.3) is 0 Å². The van der Waals surface area contributed by atoms with Gasteiger partial charge in [-0.1, -0.05) is 181 Å². The van der Waals surface area contributed by atoms with Gasteiger partial charge in [-0.25, -0.2) is 0 Å². The number of aliphatic hydroxyl groups excluding tert-OH is 9. The molecule has 6 aliphatic rings. The number of carbonyl (C=O) groups excluding carboxylic acids is 3. The Morgan fingerprint density at radius 3 is 1.47 bits per heavy atom. The minimum atomic E-state index is -2.02. The lowest BCUT2D eigenvalue weighted by Gasteiger charge is -2.51. The SMILES string of the molecule is CCCCCCCCCCCC(=O)O[C@@H]1[C@@H](O[C@H]2[C@@H]3OC(=O)CCCCCCCCC[C@@H](CCCCC)O[C@@H]4O[C@H](C)[C@@H](O)[C@H](O)[C@H]4O[C@@H](O[C@H]2C)[C@H]3O)O[C@@H](C)[C@H](O[C@H]2O[C@@H](C)[C@H](OC(=O)CCCCCCCCCCC)[C@@H](O)[C@@H]2O)[C@H]1O[C@H]1O[C@@H](CO)[C@H](O)[C@@H](O)[C@@H]1O. The lowest BCUT2D eigenvalue weighted by atomic mass is 9.95. The summed E-state index contributed by atoms with van der Waals surface area (Å²) in [5.41, 5.74) is 0. The predicted molar refractivity (Wildman–Crippen MR) is 345 cm³/mol. The highest BCUT2D eigenvalue weighted by atomic mass is 16.8. The van der Waals surface area contributed by atoms with Crippen LogP contribution in [0.3, 0.4) is 0 Å². The summed E-state index contributed by atoms with van der Waals surface area (Å²) < 4.78 is 82.8. The molecule has 0 spiro atoms. The number of fused-ring (bicyclic) bond motifs is 3. The largest absolute Gasteiger partial charge is 0.457 e. The Bertz CT molecular complexity index is 2110. The second-order valence-electron chi connectivity index (χ2n) is 27.7. The van der Waals surface area contributed by atoms with Gasteiger partial charge < -0.3 is 108 Å². The maximum atomic E-state index is 14.5. The van der Waals surface area contributed by atoms with E-state index in [1.54, 1.807) is 13.8 Å². The number of esters is 3. The summed E-state index contributed by atoms with van der Waals surface area (Å²) in [6.07, 6.45) is -12.1. The molecule has 95 heavy (non-hydrogen) atoms. The zero-order valence-electron chi connectivity index (χ0n) is 58.1. The molecule has 6 aliphatic heterocycles. The van der Waals surface area contributed by atoms with Crippen molar-refractivity contribution in [2.75, 3.05) is 6.61 Å². The molecular weight excluding hydrogens is 1240 g/mol. The van der Waals surface area contributed by atoms with E-state index in [1.165, 1.54) is 39.5 Å². The molecule has 6 rings (SSSR count). The fourth-order valence-electron chi connectivity index (χ4n) is 13.7. The average molecular weight is 1370 g/mol. The first kappa shape index (κ1) is 81.6. The zero-order chi connectivity index (χ0) is 69.0. The highest BCUT2D eigenvalue weighted by molar-refractivity contribution is 5.70. The topological polar surface area (TPSA) is 353 Å². The van der Waals surface area contributed by atoms with Crippen LogP contribution in [0.1, 0.15) is 260 Å². The van der Waals surface area contributed by atoms with Crippen LogP contribution in [0.2, 0.25) is 0 Å². The van der Waals surface area contributed by atoms with E-state index in [0.717, 1.165) is 128 Å². The highest BCUT2D eigenvalue weighted by Gasteiger charge is 2.59. The summed E-state index contributed by atoms with van der Waals surface area (Å²) in [6, 6.07) is 0. The molecule has 0 aromatic heterocycles. The van der Waals surface area contributed by atoms with E-state index in [9.17, 15) is 60.3 Å². The Hall–Kier alpha value is -2.35. The Labute approximate surface area is 564 Å². The molecule has 26 atom stereocenters. The van der Waals surface area contributed by atoms with Crippen LogP contribution in [0.5, 0.6) is 0 Å². The fraction of sp³-hybridized carbons (Fsp3) is 0.957. The summed E-state index contributed by atoms with van der Waals surface area (Å²) in [4.78, 5) is 41.8. The van der Waals surface area contributed by atoms with Crippen molar-refractivity contribution < 1.29 is 122 Å². The van der Waals surface area contributed by atoms with Crippen LogP contribution in [0.15, 0.2) is 0 Å².